The number of benzene rings is 1. The molecular formula is C17H29NSi. The molecule has 2 heteroatoms. The zero-order valence-electron chi connectivity index (χ0n) is 13.6. The highest BCUT2D eigenvalue weighted by molar-refractivity contribution is 6.93. The normalized spacial score (nSPS) is 12.6. The van der Waals surface area contributed by atoms with E-state index in [-0.39, 0.29) is 0 Å². The summed E-state index contributed by atoms with van der Waals surface area (Å²) >= 11 is 0. The fourth-order valence-corrected chi connectivity index (χ4v) is 4.53. The van der Waals surface area contributed by atoms with Crippen LogP contribution in [0.1, 0.15) is 45.7 Å². The van der Waals surface area contributed by atoms with Gasteiger partial charge in [-0.15, -0.1) is 0 Å². The van der Waals surface area contributed by atoms with Gasteiger partial charge in [0, 0.05) is 5.69 Å². The third kappa shape index (κ3) is 2.79. The third-order valence-electron chi connectivity index (χ3n) is 4.72. The first-order chi connectivity index (χ1) is 8.54. The lowest BCUT2D eigenvalue weighted by atomic mass is 9.98. The first kappa shape index (κ1) is 16.0. The second kappa shape index (κ2) is 5.16. The van der Waals surface area contributed by atoms with Gasteiger partial charge in [0.25, 0.3) is 0 Å². The van der Waals surface area contributed by atoms with Crippen molar-refractivity contribution in [3.05, 3.63) is 29.8 Å². The lowest BCUT2D eigenvalue weighted by Crippen LogP contribution is -2.50. The molecule has 0 aliphatic rings. The summed E-state index contributed by atoms with van der Waals surface area (Å²) in [4.78, 5) is 0. The molecule has 0 bridgehead atoms. The Balaban J connectivity index is 3.54. The Morgan fingerprint density at radius 1 is 1.26 bits per heavy atom. The number of nitrogen functional groups attached to an aromatic ring is 1. The molecule has 0 aromatic heterocycles. The van der Waals surface area contributed by atoms with Crippen molar-refractivity contribution in [2.45, 2.75) is 59.2 Å². The first-order valence-electron chi connectivity index (χ1n) is 7.11. The van der Waals surface area contributed by atoms with E-state index in [2.05, 4.69) is 66.4 Å². The Hall–Kier alpha value is -1.02. The van der Waals surface area contributed by atoms with Gasteiger partial charge in [0.15, 0.2) is 0 Å². The van der Waals surface area contributed by atoms with Crippen molar-refractivity contribution in [3.63, 3.8) is 0 Å². The fourth-order valence-electron chi connectivity index (χ4n) is 2.39. The van der Waals surface area contributed by atoms with E-state index in [9.17, 15) is 0 Å². The number of nitrogens with two attached hydrogens (primary N) is 1. The fraction of sp³-hybridized carbons (Fsp3) is 0.529. The minimum atomic E-state index is -1.59. The molecular weight excluding hydrogens is 246 g/mol. The highest BCUT2D eigenvalue weighted by atomic mass is 28.3. The lowest BCUT2D eigenvalue weighted by molar-refractivity contribution is 0.729. The van der Waals surface area contributed by atoms with Gasteiger partial charge < -0.3 is 5.73 Å². The summed E-state index contributed by atoms with van der Waals surface area (Å²) in [5.74, 6) is 0. The van der Waals surface area contributed by atoms with Gasteiger partial charge >= 0.3 is 0 Å². The molecule has 1 rings (SSSR count). The highest BCUT2D eigenvalue weighted by Crippen LogP contribution is 2.37. The largest absolute Gasteiger partial charge is 0.399 e. The molecule has 0 spiro atoms. The van der Waals surface area contributed by atoms with Gasteiger partial charge in [0.1, 0.15) is 0 Å². The standard InChI is InChI=1S/C17H29NSi/c1-9-13-14(12(2)3)10-11-15(16(13)18)19(7,8)17(4,5)6/h10-11H,2,9,18H2,1,3-8H3. The summed E-state index contributed by atoms with van der Waals surface area (Å²) < 4.78 is 0. The molecule has 1 nitrogen and oxygen atoms in total. The van der Waals surface area contributed by atoms with Gasteiger partial charge in [0.2, 0.25) is 0 Å². The van der Waals surface area contributed by atoms with E-state index in [1.165, 1.54) is 16.3 Å². The topological polar surface area (TPSA) is 26.0 Å². The number of anilines is 1. The zero-order valence-corrected chi connectivity index (χ0v) is 14.6. The van der Waals surface area contributed by atoms with Crippen molar-refractivity contribution in [2.24, 2.45) is 0 Å². The van der Waals surface area contributed by atoms with Crippen molar-refractivity contribution >= 4 is 24.5 Å². The molecule has 19 heavy (non-hydrogen) atoms. The summed E-state index contributed by atoms with van der Waals surface area (Å²) in [7, 11) is -1.59. The van der Waals surface area contributed by atoms with E-state index in [4.69, 9.17) is 5.73 Å². The van der Waals surface area contributed by atoms with E-state index in [1.54, 1.807) is 0 Å². The number of rotatable bonds is 3. The predicted molar refractivity (Wildman–Crippen MR) is 91.8 cm³/mol. The van der Waals surface area contributed by atoms with Gasteiger partial charge in [-0.25, -0.2) is 0 Å². The van der Waals surface area contributed by atoms with Crippen molar-refractivity contribution in [2.75, 3.05) is 5.73 Å². The second-order valence-electron chi connectivity index (χ2n) is 7.06. The summed E-state index contributed by atoms with van der Waals surface area (Å²) in [6, 6.07) is 4.46. The van der Waals surface area contributed by atoms with Crippen LogP contribution in [0.3, 0.4) is 0 Å². The van der Waals surface area contributed by atoms with Crippen LogP contribution in [0.15, 0.2) is 18.7 Å². The van der Waals surface area contributed by atoms with Crippen molar-refractivity contribution in [1.82, 2.24) is 0 Å². The number of hydrogen-bond acceptors (Lipinski definition) is 1. The average molecular weight is 276 g/mol. The van der Waals surface area contributed by atoms with Crippen molar-refractivity contribution < 1.29 is 0 Å². The summed E-state index contributed by atoms with van der Waals surface area (Å²) in [6.07, 6.45) is 0.969. The third-order valence-corrected chi connectivity index (χ3v) is 10.3. The Bertz CT molecular complexity index is 493. The van der Waals surface area contributed by atoms with Crippen LogP contribution in [0.2, 0.25) is 18.1 Å². The monoisotopic (exact) mass is 275 g/mol. The number of hydrogen-bond donors (Lipinski definition) is 1. The van der Waals surface area contributed by atoms with Crippen LogP contribution in [-0.4, -0.2) is 8.07 Å². The minimum Gasteiger partial charge on any atom is -0.399 e. The SMILES string of the molecule is C=C(C)c1ccc([Si](C)(C)C(C)(C)C)c(N)c1CC. The van der Waals surface area contributed by atoms with Gasteiger partial charge in [-0.3, -0.25) is 0 Å². The molecule has 1 aromatic carbocycles. The molecule has 2 N–H and O–H groups in total. The maximum absolute atomic E-state index is 6.51. The molecule has 0 saturated carbocycles. The van der Waals surface area contributed by atoms with Crippen LogP contribution in [0, 0.1) is 0 Å². The molecule has 0 heterocycles. The van der Waals surface area contributed by atoms with Crippen LogP contribution in [0.25, 0.3) is 5.57 Å². The average Bonchev–Trinajstić information content (AvgIpc) is 2.26. The molecule has 0 aliphatic heterocycles. The predicted octanol–water partition coefficient (Wildman–Crippen LogP) is 4.58. The second-order valence-corrected chi connectivity index (χ2v) is 12.4. The molecule has 0 atom stereocenters. The highest BCUT2D eigenvalue weighted by Gasteiger charge is 2.38. The van der Waals surface area contributed by atoms with Crippen LogP contribution >= 0.6 is 0 Å². The Kier molecular flexibility index (Phi) is 4.35. The maximum Gasteiger partial charge on any atom is 0.0886 e. The van der Waals surface area contributed by atoms with Crippen molar-refractivity contribution in [3.8, 4) is 0 Å². The quantitative estimate of drug-likeness (QED) is 0.634. The molecule has 1 aromatic rings. The smallest absolute Gasteiger partial charge is 0.0886 e. The molecule has 0 saturated heterocycles. The zero-order chi connectivity index (χ0) is 15.0. The summed E-state index contributed by atoms with van der Waals surface area (Å²) in [5.41, 5.74) is 11.1. The van der Waals surface area contributed by atoms with E-state index in [0.29, 0.717) is 5.04 Å². The van der Waals surface area contributed by atoms with E-state index in [1.807, 2.05) is 0 Å². The minimum absolute atomic E-state index is 0.302. The Labute approximate surface area is 119 Å². The summed E-state index contributed by atoms with van der Waals surface area (Å²) in [6.45, 7) is 20.1. The van der Waals surface area contributed by atoms with E-state index in [0.717, 1.165) is 17.7 Å². The molecule has 0 unspecified atom stereocenters. The van der Waals surface area contributed by atoms with Crippen LogP contribution in [0.5, 0.6) is 0 Å². The van der Waals surface area contributed by atoms with Gasteiger partial charge in [0.05, 0.1) is 8.07 Å². The summed E-state index contributed by atoms with van der Waals surface area (Å²) in [5, 5.41) is 1.69. The first-order valence-corrected chi connectivity index (χ1v) is 10.1. The molecule has 0 fully saturated rings. The van der Waals surface area contributed by atoms with Crippen LogP contribution < -0.4 is 10.9 Å². The van der Waals surface area contributed by atoms with Crippen LogP contribution in [0.4, 0.5) is 5.69 Å². The lowest BCUT2D eigenvalue weighted by Gasteiger charge is -2.38. The van der Waals surface area contributed by atoms with E-state index >= 15 is 0 Å². The molecule has 0 aliphatic carbocycles. The Morgan fingerprint density at radius 2 is 1.79 bits per heavy atom. The number of allylic oxidation sites excluding steroid dienone is 1. The van der Waals surface area contributed by atoms with Crippen molar-refractivity contribution in [1.29, 1.82) is 0 Å². The molecule has 0 amide bonds. The molecule has 0 radical (unpaired) electrons. The van der Waals surface area contributed by atoms with Gasteiger partial charge in [-0.05, 0) is 34.7 Å². The van der Waals surface area contributed by atoms with Gasteiger partial charge in [-0.1, -0.05) is 65.1 Å². The maximum atomic E-state index is 6.51. The molecule has 106 valence electrons. The van der Waals surface area contributed by atoms with E-state index < -0.39 is 8.07 Å². The van der Waals surface area contributed by atoms with Gasteiger partial charge in [-0.2, -0.15) is 0 Å². The van der Waals surface area contributed by atoms with Crippen LogP contribution in [-0.2, 0) is 6.42 Å². The Morgan fingerprint density at radius 3 is 2.16 bits per heavy atom.